The topological polar surface area (TPSA) is 58.5 Å². The van der Waals surface area contributed by atoms with Gasteiger partial charge in [0.05, 0.1) is 0 Å². The van der Waals surface area contributed by atoms with Crippen LogP contribution in [0.1, 0.15) is 18.3 Å². The third-order valence-corrected chi connectivity index (χ3v) is 3.43. The highest BCUT2D eigenvalue weighted by molar-refractivity contribution is 5.73. The van der Waals surface area contributed by atoms with E-state index in [0.29, 0.717) is 0 Å². The van der Waals surface area contributed by atoms with Crippen molar-refractivity contribution in [3.8, 4) is 11.4 Å². The first-order chi connectivity index (χ1) is 10.3. The Labute approximate surface area is 124 Å². The van der Waals surface area contributed by atoms with E-state index in [0.717, 1.165) is 36.0 Å². The van der Waals surface area contributed by atoms with Gasteiger partial charge in [-0.1, -0.05) is 12.1 Å². The summed E-state index contributed by atoms with van der Waals surface area (Å²) in [6.45, 7) is 5.82. The third kappa shape index (κ3) is 2.97. The van der Waals surface area contributed by atoms with Crippen LogP contribution in [0.3, 0.4) is 0 Å². The second kappa shape index (κ2) is 5.83. The largest absolute Gasteiger partial charge is 0.380 e. The highest BCUT2D eigenvalue weighted by atomic mass is 15.2. The Morgan fingerprint density at radius 1 is 1.24 bits per heavy atom. The van der Waals surface area contributed by atoms with Crippen LogP contribution < -0.4 is 5.32 Å². The normalized spacial score (nSPS) is 10.8. The third-order valence-electron chi connectivity index (χ3n) is 3.43. The molecule has 0 fully saturated rings. The van der Waals surface area contributed by atoms with E-state index in [1.54, 1.807) is 0 Å². The summed E-state index contributed by atoms with van der Waals surface area (Å²) >= 11 is 0. The highest BCUT2D eigenvalue weighted by Crippen LogP contribution is 2.25. The monoisotopic (exact) mass is 281 g/mol. The van der Waals surface area contributed by atoms with Crippen LogP contribution in [0, 0.1) is 6.92 Å². The van der Waals surface area contributed by atoms with Crippen molar-refractivity contribution in [3.63, 3.8) is 0 Å². The molecule has 3 rings (SSSR count). The van der Waals surface area contributed by atoms with Gasteiger partial charge in [-0.3, -0.25) is 5.10 Å². The predicted molar refractivity (Wildman–Crippen MR) is 84.0 cm³/mol. The van der Waals surface area contributed by atoms with E-state index >= 15 is 0 Å². The summed E-state index contributed by atoms with van der Waals surface area (Å²) in [4.78, 5) is 4.40. The Balaban J connectivity index is 1.79. The predicted octanol–water partition coefficient (Wildman–Crippen LogP) is 3.21. The lowest BCUT2D eigenvalue weighted by Gasteiger charge is -2.09. The molecule has 0 saturated carbocycles. The summed E-state index contributed by atoms with van der Waals surface area (Å²) in [6, 6.07) is 10.2. The van der Waals surface area contributed by atoms with Gasteiger partial charge in [0, 0.05) is 36.7 Å². The zero-order valence-corrected chi connectivity index (χ0v) is 12.3. The van der Waals surface area contributed by atoms with E-state index in [-0.39, 0.29) is 0 Å². The highest BCUT2D eigenvalue weighted by Gasteiger charge is 2.09. The standard InChI is InChI=1S/C16H19N5/c1-3-21-9-8-13(11-21)10-17-15-7-5-4-6-14(15)16-18-12(2)19-20-16/h4-9,11,17H,3,10H2,1-2H3,(H,18,19,20). The van der Waals surface area contributed by atoms with Crippen molar-refractivity contribution in [1.29, 1.82) is 0 Å². The molecular weight excluding hydrogens is 262 g/mol. The molecule has 0 atom stereocenters. The molecule has 2 heterocycles. The van der Waals surface area contributed by atoms with Crippen LogP contribution in [-0.2, 0) is 13.1 Å². The molecule has 0 amide bonds. The molecule has 21 heavy (non-hydrogen) atoms. The van der Waals surface area contributed by atoms with Gasteiger partial charge in [-0.2, -0.15) is 5.10 Å². The van der Waals surface area contributed by atoms with Gasteiger partial charge in [0.15, 0.2) is 5.82 Å². The minimum Gasteiger partial charge on any atom is -0.380 e. The molecule has 0 bridgehead atoms. The maximum atomic E-state index is 4.40. The smallest absolute Gasteiger partial charge is 0.183 e. The Morgan fingerprint density at radius 2 is 2.10 bits per heavy atom. The summed E-state index contributed by atoms with van der Waals surface area (Å²) in [5.41, 5.74) is 3.32. The first-order valence-corrected chi connectivity index (χ1v) is 7.13. The molecule has 1 aromatic carbocycles. The van der Waals surface area contributed by atoms with Gasteiger partial charge in [0.25, 0.3) is 0 Å². The number of H-pyrrole nitrogens is 1. The summed E-state index contributed by atoms with van der Waals surface area (Å²) in [5, 5.41) is 10.6. The maximum Gasteiger partial charge on any atom is 0.183 e. The first kappa shape index (κ1) is 13.4. The zero-order valence-electron chi connectivity index (χ0n) is 12.3. The number of anilines is 1. The molecule has 0 aliphatic carbocycles. The lowest BCUT2D eigenvalue weighted by Crippen LogP contribution is -2.00. The van der Waals surface area contributed by atoms with Crippen molar-refractivity contribution >= 4 is 5.69 Å². The molecule has 0 spiro atoms. The molecule has 0 saturated heterocycles. The van der Waals surface area contributed by atoms with Crippen molar-refractivity contribution in [1.82, 2.24) is 19.7 Å². The van der Waals surface area contributed by atoms with Crippen LogP contribution >= 0.6 is 0 Å². The van der Waals surface area contributed by atoms with E-state index < -0.39 is 0 Å². The SMILES string of the molecule is CCn1ccc(CNc2ccccc2-c2n[nH]c(C)n2)c1. The number of aromatic nitrogens is 4. The fourth-order valence-electron chi connectivity index (χ4n) is 2.28. The molecule has 0 aliphatic heterocycles. The molecule has 5 heteroatoms. The molecule has 0 unspecified atom stereocenters. The molecule has 2 aromatic heterocycles. The van der Waals surface area contributed by atoms with Crippen LogP contribution in [0.4, 0.5) is 5.69 Å². The fourth-order valence-corrected chi connectivity index (χ4v) is 2.28. The number of nitrogens with one attached hydrogen (secondary N) is 2. The molecule has 108 valence electrons. The Bertz CT molecular complexity index is 726. The lowest BCUT2D eigenvalue weighted by atomic mass is 10.1. The number of hydrogen-bond donors (Lipinski definition) is 2. The maximum absolute atomic E-state index is 4.40. The number of para-hydroxylation sites is 1. The lowest BCUT2D eigenvalue weighted by molar-refractivity contribution is 0.766. The van der Waals surface area contributed by atoms with Crippen molar-refractivity contribution < 1.29 is 0 Å². The van der Waals surface area contributed by atoms with Crippen LogP contribution in [0.5, 0.6) is 0 Å². The van der Waals surface area contributed by atoms with Gasteiger partial charge in [0.1, 0.15) is 5.82 Å². The van der Waals surface area contributed by atoms with Crippen molar-refractivity contribution in [2.24, 2.45) is 0 Å². The summed E-state index contributed by atoms with van der Waals surface area (Å²) in [6.07, 6.45) is 4.26. The Hall–Kier alpha value is -2.56. The second-order valence-electron chi connectivity index (χ2n) is 4.99. The van der Waals surface area contributed by atoms with Gasteiger partial charge in [-0.15, -0.1) is 0 Å². The Kier molecular flexibility index (Phi) is 3.73. The van der Waals surface area contributed by atoms with Crippen molar-refractivity contribution in [3.05, 3.63) is 54.1 Å². The number of nitrogens with zero attached hydrogens (tertiary/aromatic N) is 3. The van der Waals surface area contributed by atoms with Gasteiger partial charge in [0.2, 0.25) is 0 Å². The van der Waals surface area contributed by atoms with E-state index in [1.807, 2.05) is 25.1 Å². The molecule has 0 radical (unpaired) electrons. The summed E-state index contributed by atoms with van der Waals surface area (Å²) < 4.78 is 2.17. The minimum atomic E-state index is 0.724. The molecule has 5 nitrogen and oxygen atoms in total. The number of hydrogen-bond acceptors (Lipinski definition) is 3. The minimum absolute atomic E-state index is 0.724. The molecule has 3 aromatic rings. The van der Waals surface area contributed by atoms with Gasteiger partial charge < -0.3 is 9.88 Å². The molecule has 0 aliphatic rings. The van der Waals surface area contributed by atoms with E-state index in [2.05, 4.69) is 56.5 Å². The first-order valence-electron chi connectivity index (χ1n) is 7.13. The Morgan fingerprint density at radius 3 is 2.81 bits per heavy atom. The van der Waals surface area contributed by atoms with Crippen molar-refractivity contribution in [2.75, 3.05) is 5.32 Å². The number of rotatable bonds is 5. The summed E-state index contributed by atoms with van der Waals surface area (Å²) in [7, 11) is 0. The number of benzene rings is 1. The number of aromatic amines is 1. The van der Waals surface area contributed by atoms with Gasteiger partial charge in [-0.05, 0) is 37.6 Å². The average Bonchev–Trinajstić information content (AvgIpc) is 3.14. The van der Waals surface area contributed by atoms with E-state index in [9.17, 15) is 0 Å². The zero-order chi connectivity index (χ0) is 14.7. The van der Waals surface area contributed by atoms with Gasteiger partial charge >= 0.3 is 0 Å². The second-order valence-corrected chi connectivity index (χ2v) is 4.99. The fraction of sp³-hybridized carbons (Fsp3) is 0.250. The molecule has 2 N–H and O–H groups in total. The number of aryl methyl sites for hydroxylation is 2. The molecular formula is C16H19N5. The van der Waals surface area contributed by atoms with Crippen LogP contribution in [0.2, 0.25) is 0 Å². The van der Waals surface area contributed by atoms with Crippen molar-refractivity contribution in [2.45, 2.75) is 26.9 Å². The van der Waals surface area contributed by atoms with Gasteiger partial charge in [-0.25, -0.2) is 4.98 Å². The van der Waals surface area contributed by atoms with Crippen LogP contribution in [-0.4, -0.2) is 19.7 Å². The van der Waals surface area contributed by atoms with E-state index in [1.165, 1.54) is 5.56 Å². The van der Waals surface area contributed by atoms with E-state index in [4.69, 9.17) is 0 Å². The van der Waals surface area contributed by atoms with Crippen LogP contribution in [0.25, 0.3) is 11.4 Å². The summed E-state index contributed by atoms with van der Waals surface area (Å²) in [5.74, 6) is 1.54. The van der Waals surface area contributed by atoms with Crippen LogP contribution in [0.15, 0.2) is 42.7 Å². The average molecular weight is 281 g/mol. The quantitative estimate of drug-likeness (QED) is 0.755.